The summed E-state index contributed by atoms with van der Waals surface area (Å²) in [4.78, 5) is 1.75. The number of rotatable bonds is 2. The third kappa shape index (κ3) is 1.42. The smallest absolute Gasteiger partial charge is 0.189 e. The highest BCUT2D eigenvalue weighted by molar-refractivity contribution is 5.78. The van der Waals surface area contributed by atoms with Crippen LogP contribution in [0.4, 0.5) is 5.69 Å². The van der Waals surface area contributed by atoms with Crippen LogP contribution in [0.1, 0.15) is 5.56 Å². The molecule has 1 aliphatic rings. The van der Waals surface area contributed by atoms with Crippen molar-refractivity contribution >= 4 is 11.4 Å². The van der Waals surface area contributed by atoms with Crippen molar-refractivity contribution in [3.63, 3.8) is 0 Å². The summed E-state index contributed by atoms with van der Waals surface area (Å²) in [6.07, 6.45) is -0.810. The van der Waals surface area contributed by atoms with Gasteiger partial charge in [0, 0.05) is 18.3 Å². The minimum absolute atomic E-state index is 0.434. The second-order valence-electron chi connectivity index (χ2n) is 3.60. The molecule has 0 fully saturated rings. The van der Waals surface area contributed by atoms with E-state index in [0.29, 0.717) is 11.5 Å². The summed E-state index contributed by atoms with van der Waals surface area (Å²) in [6, 6.07) is 7.73. The SMILES string of the molecule is COC1=C(OC)C(O)N(C)c2ccccc21. The molecule has 0 radical (unpaired) electrons. The molecular formula is C12H15NO3. The molecule has 16 heavy (non-hydrogen) atoms. The first-order chi connectivity index (χ1) is 7.70. The second-order valence-corrected chi connectivity index (χ2v) is 3.60. The standard InChI is InChI=1S/C12H15NO3/c1-13-9-7-5-4-6-8(9)10(15-2)11(16-3)12(13)14/h4-7,12,14H,1-3H3. The highest BCUT2D eigenvalue weighted by atomic mass is 16.5. The monoisotopic (exact) mass is 221 g/mol. The lowest BCUT2D eigenvalue weighted by Gasteiger charge is -2.34. The highest BCUT2D eigenvalue weighted by Gasteiger charge is 2.31. The van der Waals surface area contributed by atoms with Gasteiger partial charge in [-0.1, -0.05) is 12.1 Å². The van der Waals surface area contributed by atoms with Gasteiger partial charge in [-0.2, -0.15) is 0 Å². The van der Waals surface area contributed by atoms with Crippen molar-refractivity contribution in [3.05, 3.63) is 35.6 Å². The van der Waals surface area contributed by atoms with Gasteiger partial charge >= 0.3 is 0 Å². The molecule has 0 aliphatic carbocycles. The molecule has 1 aliphatic heterocycles. The second kappa shape index (κ2) is 4.06. The largest absolute Gasteiger partial charge is 0.493 e. The summed E-state index contributed by atoms with van der Waals surface area (Å²) >= 11 is 0. The molecule has 0 aromatic heterocycles. The summed E-state index contributed by atoms with van der Waals surface area (Å²) in [7, 11) is 4.91. The molecule has 1 aromatic rings. The molecule has 0 saturated heterocycles. The Morgan fingerprint density at radius 2 is 1.88 bits per heavy atom. The fourth-order valence-corrected chi connectivity index (χ4v) is 1.94. The summed E-state index contributed by atoms with van der Waals surface area (Å²) in [5.41, 5.74) is 1.85. The number of anilines is 1. The Kier molecular flexibility index (Phi) is 2.75. The van der Waals surface area contributed by atoms with Gasteiger partial charge in [0.1, 0.15) is 0 Å². The van der Waals surface area contributed by atoms with Gasteiger partial charge in [-0.3, -0.25) is 0 Å². The molecule has 2 rings (SSSR count). The maximum atomic E-state index is 10.0. The minimum atomic E-state index is -0.810. The molecule has 4 heteroatoms. The van der Waals surface area contributed by atoms with Crippen molar-refractivity contribution in [3.8, 4) is 0 Å². The molecule has 0 amide bonds. The Labute approximate surface area is 94.7 Å². The van der Waals surface area contributed by atoms with E-state index in [1.165, 1.54) is 7.11 Å². The first kappa shape index (κ1) is 10.8. The Morgan fingerprint density at radius 1 is 1.19 bits per heavy atom. The van der Waals surface area contributed by atoms with Gasteiger partial charge in [0.2, 0.25) is 0 Å². The number of aliphatic hydroxyl groups is 1. The molecule has 86 valence electrons. The van der Waals surface area contributed by atoms with Gasteiger partial charge < -0.3 is 19.5 Å². The summed E-state index contributed by atoms with van der Waals surface area (Å²) in [6.45, 7) is 0. The number of methoxy groups -OCH3 is 2. The van der Waals surface area contributed by atoms with E-state index >= 15 is 0 Å². The molecule has 1 heterocycles. The van der Waals surface area contributed by atoms with Crippen molar-refractivity contribution in [1.82, 2.24) is 0 Å². The number of hydrogen-bond donors (Lipinski definition) is 1. The maximum absolute atomic E-state index is 10.0. The van der Waals surface area contributed by atoms with Gasteiger partial charge in [-0.25, -0.2) is 0 Å². The zero-order chi connectivity index (χ0) is 11.7. The van der Waals surface area contributed by atoms with E-state index in [4.69, 9.17) is 9.47 Å². The lowest BCUT2D eigenvalue weighted by Crippen LogP contribution is -2.37. The van der Waals surface area contributed by atoms with Crippen molar-refractivity contribution in [2.45, 2.75) is 6.23 Å². The lowest BCUT2D eigenvalue weighted by molar-refractivity contribution is 0.119. The molecule has 1 aromatic carbocycles. The fraction of sp³-hybridized carbons (Fsp3) is 0.333. The van der Waals surface area contributed by atoms with Gasteiger partial charge in [0.15, 0.2) is 17.7 Å². The molecule has 1 atom stereocenters. The van der Waals surface area contributed by atoms with E-state index in [-0.39, 0.29) is 0 Å². The Hall–Kier alpha value is -1.68. The van der Waals surface area contributed by atoms with Crippen molar-refractivity contribution in [2.24, 2.45) is 0 Å². The lowest BCUT2D eigenvalue weighted by atomic mass is 10.0. The predicted octanol–water partition coefficient (Wildman–Crippen LogP) is 1.42. The topological polar surface area (TPSA) is 41.9 Å². The van der Waals surface area contributed by atoms with Crippen LogP contribution < -0.4 is 4.90 Å². The van der Waals surface area contributed by atoms with Crippen molar-refractivity contribution in [2.75, 3.05) is 26.2 Å². The van der Waals surface area contributed by atoms with Crippen LogP contribution >= 0.6 is 0 Å². The summed E-state index contributed by atoms with van der Waals surface area (Å²) < 4.78 is 10.5. The van der Waals surface area contributed by atoms with Crippen LogP contribution in [0, 0.1) is 0 Å². The number of ether oxygens (including phenoxy) is 2. The van der Waals surface area contributed by atoms with Crippen molar-refractivity contribution in [1.29, 1.82) is 0 Å². The van der Waals surface area contributed by atoms with Crippen LogP contribution in [0.3, 0.4) is 0 Å². The third-order valence-electron chi connectivity index (χ3n) is 2.78. The highest BCUT2D eigenvalue weighted by Crippen LogP contribution is 2.36. The maximum Gasteiger partial charge on any atom is 0.189 e. The van der Waals surface area contributed by atoms with E-state index in [0.717, 1.165) is 11.3 Å². The molecule has 0 bridgehead atoms. The number of aliphatic hydroxyl groups excluding tert-OH is 1. The van der Waals surface area contributed by atoms with Gasteiger partial charge in [-0.15, -0.1) is 0 Å². The van der Waals surface area contributed by atoms with Crippen molar-refractivity contribution < 1.29 is 14.6 Å². The normalized spacial score (nSPS) is 19.5. The molecule has 1 unspecified atom stereocenters. The van der Waals surface area contributed by atoms with E-state index in [9.17, 15) is 5.11 Å². The minimum Gasteiger partial charge on any atom is -0.493 e. The van der Waals surface area contributed by atoms with Crippen LogP contribution in [0.5, 0.6) is 0 Å². The van der Waals surface area contributed by atoms with Crippen LogP contribution in [0.25, 0.3) is 5.76 Å². The van der Waals surface area contributed by atoms with E-state index in [1.807, 2.05) is 31.3 Å². The summed E-state index contributed by atoms with van der Waals surface area (Å²) in [5, 5.41) is 10.0. The Balaban J connectivity index is 2.64. The summed E-state index contributed by atoms with van der Waals surface area (Å²) in [5.74, 6) is 1.02. The van der Waals surface area contributed by atoms with Crippen LogP contribution in [-0.2, 0) is 9.47 Å². The number of hydrogen-bond acceptors (Lipinski definition) is 4. The van der Waals surface area contributed by atoms with Gasteiger partial charge in [0.25, 0.3) is 0 Å². The van der Waals surface area contributed by atoms with E-state index < -0.39 is 6.23 Å². The average molecular weight is 221 g/mol. The Bertz CT molecular complexity index is 428. The third-order valence-corrected chi connectivity index (χ3v) is 2.78. The molecular weight excluding hydrogens is 206 g/mol. The number of likely N-dealkylation sites (N-methyl/N-ethyl adjacent to an activating group) is 1. The van der Waals surface area contributed by atoms with Gasteiger partial charge in [0.05, 0.1) is 14.2 Å². The first-order valence-electron chi connectivity index (χ1n) is 5.03. The number of benzene rings is 1. The fourth-order valence-electron chi connectivity index (χ4n) is 1.94. The molecule has 1 N–H and O–H groups in total. The molecule has 0 saturated carbocycles. The Morgan fingerprint density at radius 3 is 2.50 bits per heavy atom. The molecule has 4 nitrogen and oxygen atoms in total. The first-order valence-corrected chi connectivity index (χ1v) is 5.03. The zero-order valence-electron chi connectivity index (χ0n) is 9.60. The average Bonchev–Trinajstić information content (AvgIpc) is 2.33. The predicted molar refractivity (Wildman–Crippen MR) is 61.8 cm³/mol. The number of fused-ring (bicyclic) bond motifs is 1. The van der Waals surface area contributed by atoms with E-state index in [2.05, 4.69) is 0 Å². The zero-order valence-corrected chi connectivity index (χ0v) is 9.60. The van der Waals surface area contributed by atoms with Crippen LogP contribution in [0.15, 0.2) is 30.0 Å². The van der Waals surface area contributed by atoms with E-state index in [1.54, 1.807) is 12.0 Å². The van der Waals surface area contributed by atoms with Gasteiger partial charge in [-0.05, 0) is 12.1 Å². The van der Waals surface area contributed by atoms with Crippen LogP contribution in [-0.4, -0.2) is 32.6 Å². The van der Waals surface area contributed by atoms with Crippen LogP contribution in [0.2, 0.25) is 0 Å². The number of para-hydroxylation sites is 1. The quantitative estimate of drug-likeness (QED) is 0.820. The molecule has 0 spiro atoms. The number of nitrogens with zero attached hydrogens (tertiary/aromatic N) is 1.